The average molecular weight is 261 g/mol. The van der Waals surface area contributed by atoms with Crippen LogP contribution >= 0.6 is 0 Å². The maximum Gasteiger partial charge on any atom is 0.119 e. The van der Waals surface area contributed by atoms with E-state index in [4.69, 9.17) is 4.74 Å². The predicted molar refractivity (Wildman–Crippen MR) is 80.5 cm³/mol. The molecule has 0 spiro atoms. The zero-order valence-electron chi connectivity index (χ0n) is 12.3. The highest BCUT2D eigenvalue weighted by atomic mass is 16.5. The van der Waals surface area contributed by atoms with E-state index in [1.54, 1.807) is 0 Å². The molecule has 0 amide bonds. The summed E-state index contributed by atoms with van der Waals surface area (Å²) >= 11 is 0. The van der Waals surface area contributed by atoms with Crippen molar-refractivity contribution >= 4 is 0 Å². The molecule has 1 aromatic rings. The van der Waals surface area contributed by atoms with E-state index < -0.39 is 0 Å². The Morgan fingerprint density at radius 3 is 2.42 bits per heavy atom. The Balaban J connectivity index is 1.57. The van der Waals surface area contributed by atoms with Crippen molar-refractivity contribution in [2.75, 3.05) is 13.2 Å². The molecule has 1 aliphatic carbocycles. The first-order chi connectivity index (χ1) is 9.25. The molecule has 1 aliphatic rings. The lowest BCUT2D eigenvalue weighted by molar-refractivity contribution is 0.228. The molecule has 0 bridgehead atoms. The second-order valence-corrected chi connectivity index (χ2v) is 5.97. The van der Waals surface area contributed by atoms with Gasteiger partial charge >= 0.3 is 0 Å². The van der Waals surface area contributed by atoms with E-state index in [1.807, 2.05) is 30.3 Å². The van der Waals surface area contributed by atoms with Crippen LogP contribution in [0.2, 0.25) is 0 Å². The number of hydrogen-bond donors (Lipinski definition) is 1. The topological polar surface area (TPSA) is 21.3 Å². The monoisotopic (exact) mass is 261 g/mol. The molecule has 0 atom stereocenters. The van der Waals surface area contributed by atoms with Gasteiger partial charge in [0.25, 0.3) is 0 Å². The average Bonchev–Trinajstić information content (AvgIpc) is 2.45. The molecule has 0 aliphatic heterocycles. The zero-order valence-corrected chi connectivity index (χ0v) is 12.3. The van der Waals surface area contributed by atoms with Crippen molar-refractivity contribution in [1.82, 2.24) is 5.32 Å². The standard InChI is InChI=1S/C17H27NO/c1-14(2)15-8-10-16(11-9-15)18-12-13-19-17-6-4-3-5-7-17/h3-7,14-16,18H,8-13H2,1-2H3. The Labute approximate surface area is 117 Å². The summed E-state index contributed by atoms with van der Waals surface area (Å²) in [7, 11) is 0. The Kier molecular flexibility index (Phi) is 5.71. The van der Waals surface area contributed by atoms with Crippen molar-refractivity contribution in [2.45, 2.75) is 45.6 Å². The van der Waals surface area contributed by atoms with E-state index in [9.17, 15) is 0 Å². The highest BCUT2D eigenvalue weighted by Gasteiger charge is 2.22. The molecule has 2 heteroatoms. The van der Waals surface area contributed by atoms with E-state index >= 15 is 0 Å². The van der Waals surface area contributed by atoms with Crippen LogP contribution in [0.4, 0.5) is 0 Å². The Hall–Kier alpha value is -1.02. The van der Waals surface area contributed by atoms with Gasteiger partial charge in [0.1, 0.15) is 12.4 Å². The van der Waals surface area contributed by atoms with E-state index in [-0.39, 0.29) is 0 Å². The number of nitrogens with one attached hydrogen (secondary N) is 1. The molecule has 106 valence electrons. The molecule has 2 nitrogen and oxygen atoms in total. The molecule has 1 fully saturated rings. The van der Waals surface area contributed by atoms with Gasteiger partial charge in [0.15, 0.2) is 0 Å². The third-order valence-electron chi connectivity index (χ3n) is 4.26. The lowest BCUT2D eigenvalue weighted by Crippen LogP contribution is -2.36. The number of hydrogen-bond acceptors (Lipinski definition) is 2. The molecule has 1 saturated carbocycles. The summed E-state index contributed by atoms with van der Waals surface area (Å²) in [4.78, 5) is 0. The minimum atomic E-state index is 0.703. The van der Waals surface area contributed by atoms with Crippen LogP contribution in [0.25, 0.3) is 0 Å². The predicted octanol–water partition coefficient (Wildman–Crippen LogP) is 3.87. The van der Waals surface area contributed by atoms with Crippen LogP contribution in [0.5, 0.6) is 5.75 Å². The fraction of sp³-hybridized carbons (Fsp3) is 0.647. The van der Waals surface area contributed by atoms with Crippen molar-refractivity contribution < 1.29 is 4.74 Å². The number of ether oxygens (including phenoxy) is 1. The molecule has 0 radical (unpaired) electrons. The first kappa shape index (κ1) is 14.4. The van der Waals surface area contributed by atoms with Crippen LogP contribution in [-0.4, -0.2) is 19.2 Å². The van der Waals surface area contributed by atoms with E-state index in [0.29, 0.717) is 6.04 Å². The Bertz CT molecular complexity index is 342. The second-order valence-electron chi connectivity index (χ2n) is 5.97. The van der Waals surface area contributed by atoms with Gasteiger partial charge in [-0.15, -0.1) is 0 Å². The quantitative estimate of drug-likeness (QED) is 0.785. The highest BCUT2D eigenvalue weighted by Crippen LogP contribution is 2.29. The van der Waals surface area contributed by atoms with Gasteiger partial charge in [0, 0.05) is 12.6 Å². The fourth-order valence-corrected chi connectivity index (χ4v) is 2.94. The molecular formula is C17H27NO. The molecule has 0 aromatic heterocycles. The van der Waals surface area contributed by atoms with Gasteiger partial charge in [-0.25, -0.2) is 0 Å². The summed E-state index contributed by atoms with van der Waals surface area (Å²) in [5.41, 5.74) is 0. The van der Waals surface area contributed by atoms with Crippen LogP contribution in [0, 0.1) is 11.8 Å². The number of para-hydroxylation sites is 1. The van der Waals surface area contributed by atoms with E-state index in [2.05, 4.69) is 19.2 Å². The summed E-state index contributed by atoms with van der Waals surface area (Å²) in [6.07, 6.45) is 5.42. The first-order valence-electron chi connectivity index (χ1n) is 7.67. The maximum absolute atomic E-state index is 5.69. The van der Waals surface area contributed by atoms with Gasteiger partial charge in [-0.3, -0.25) is 0 Å². The minimum Gasteiger partial charge on any atom is -0.492 e. The number of benzene rings is 1. The van der Waals surface area contributed by atoms with Gasteiger partial charge < -0.3 is 10.1 Å². The molecule has 0 unspecified atom stereocenters. The summed E-state index contributed by atoms with van der Waals surface area (Å²) < 4.78 is 5.69. The van der Waals surface area contributed by atoms with Gasteiger partial charge in [0.2, 0.25) is 0 Å². The SMILES string of the molecule is CC(C)C1CCC(NCCOc2ccccc2)CC1. The number of rotatable bonds is 6. The molecule has 19 heavy (non-hydrogen) atoms. The fourth-order valence-electron chi connectivity index (χ4n) is 2.94. The summed E-state index contributed by atoms with van der Waals surface area (Å²) in [5, 5.41) is 3.63. The van der Waals surface area contributed by atoms with Crippen molar-refractivity contribution in [1.29, 1.82) is 0 Å². The van der Waals surface area contributed by atoms with Crippen LogP contribution in [-0.2, 0) is 0 Å². The van der Waals surface area contributed by atoms with Gasteiger partial charge in [-0.1, -0.05) is 32.0 Å². The van der Waals surface area contributed by atoms with Crippen LogP contribution in [0.1, 0.15) is 39.5 Å². The third-order valence-corrected chi connectivity index (χ3v) is 4.26. The Morgan fingerprint density at radius 2 is 1.79 bits per heavy atom. The molecule has 1 aromatic carbocycles. The van der Waals surface area contributed by atoms with Crippen molar-refractivity contribution in [3.63, 3.8) is 0 Å². The van der Waals surface area contributed by atoms with Crippen LogP contribution in [0.15, 0.2) is 30.3 Å². The molecule has 1 N–H and O–H groups in total. The molecule has 2 rings (SSSR count). The zero-order chi connectivity index (χ0) is 13.5. The summed E-state index contributed by atoms with van der Waals surface area (Å²) in [6, 6.07) is 10.8. The largest absolute Gasteiger partial charge is 0.492 e. The van der Waals surface area contributed by atoms with Gasteiger partial charge in [-0.2, -0.15) is 0 Å². The van der Waals surface area contributed by atoms with Crippen LogP contribution < -0.4 is 10.1 Å². The van der Waals surface area contributed by atoms with E-state index in [1.165, 1.54) is 25.7 Å². The minimum absolute atomic E-state index is 0.703. The Morgan fingerprint density at radius 1 is 1.11 bits per heavy atom. The normalized spacial score (nSPS) is 23.5. The molecule has 0 saturated heterocycles. The highest BCUT2D eigenvalue weighted by molar-refractivity contribution is 5.20. The van der Waals surface area contributed by atoms with Gasteiger partial charge in [-0.05, 0) is 49.7 Å². The lowest BCUT2D eigenvalue weighted by Gasteiger charge is -2.31. The molecule has 0 heterocycles. The third kappa shape index (κ3) is 4.87. The summed E-state index contributed by atoms with van der Waals surface area (Å²) in [6.45, 7) is 6.41. The lowest BCUT2D eigenvalue weighted by atomic mass is 9.80. The van der Waals surface area contributed by atoms with Gasteiger partial charge in [0.05, 0.1) is 0 Å². The van der Waals surface area contributed by atoms with Crippen LogP contribution in [0.3, 0.4) is 0 Å². The van der Waals surface area contributed by atoms with E-state index in [0.717, 1.165) is 30.7 Å². The van der Waals surface area contributed by atoms with Crippen molar-refractivity contribution in [3.8, 4) is 5.75 Å². The van der Waals surface area contributed by atoms with Crippen molar-refractivity contribution in [3.05, 3.63) is 30.3 Å². The molecular weight excluding hydrogens is 234 g/mol. The maximum atomic E-state index is 5.69. The smallest absolute Gasteiger partial charge is 0.119 e. The first-order valence-corrected chi connectivity index (χ1v) is 7.67. The van der Waals surface area contributed by atoms with Crippen molar-refractivity contribution in [2.24, 2.45) is 11.8 Å². The summed E-state index contributed by atoms with van der Waals surface area (Å²) in [5.74, 6) is 2.76. The second kappa shape index (κ2) is 7.54.